The van der Waals surface area contributed by atoms with Gasteiger partial charge < -0.3 is 14.8 Å². The number of carbonyl (C=O) groups is 1. The van der Waals surface area contributed by atoms with Crippen LogP contribution in [0.2, 0.25) is 0 Å². The first-order valence-electron chi connectivity index (χ1n) is 10.8. The number of aromatic nitrogens is 2. The normalized spacial score (nSPS) is 14.6. The molecule has 2 aromatic carbocycles. The fraction of sp³-hybridized carbons (Fsp3) is 0.320. The lowest BCUT2D eigenvalue weighted by Crippen LogP contribution is -2.25. The molecule has 1 aliphatic rings. The molecular weight excluding hydrogens is 470 g/mol. The van der Waals surface area contributed by atoms with Gasteiger partial charge in [-0.25, -0.2) is 4.98 Å². The molecule has 7 nitrogen and oxygen atoms in total. The second-order valence-corrected chi connectivity index (χ2v) is 10.6. The number of rotatable bonds is 7. The third kappa shape index (κ3) is 5.10. The number of methoxy groups -OCH3 is 2. The van der Waals surface area contributed by atoms with Crippen LogP contribution in [0.5, 0.6) is 11.5 Å². The van der Waals surface area contributed by atoms with Crippen molar-refractivity contribution in [1.29, 1.82) is 0 Å². The van der Waals surface area contributed by atoms with Gasteiger partial charge in [0.2, 0.25) is 5.91 Å². The Morgan fingerprint density at radius 1 is 1.18 bits per heavy atom. The Balaban J connectivity index is 1.63. The number of nitrogens with one attached hydrogen (secondary N) is 1. The zero-order valence-electron chi connectivity index (χ0n) is 19.8. The fourth-order valence-electron chi connectivity index (χ4n) is 3.92. The Morgan fingerprint density at radius 3 is 2.59 bits per heavy atom. The molecule has 0 saturated heterocycles. The number of hydrogen-bond acceptors (Lipinski definition) is 7. The molecule has 0 spiro atoms. The molecule has 4 rings (SSSR count). The molecule has 2 heterocycles. The van der Waals surface area contributed by atoms with Crippen molar-refractivity contribution in [3.8, 4) is 17.2 Å². The first-order chi connectivity index (χ1) is 16.3. The van der Waals surface area contributed by atoms with Crippen molar-refractivity contribution >= 4 is 35.1 Å². The average Bonchev–Trinajstić information content (AvgIpc) is 3.17. The first-order valence-corrected chi connectivity index (χ1v) is 12.7. The van der Waals surface area contributed by atoms with Gasteiger partial charge in [-0.2, -0.15) is 0 Å². The zero-order valence-corrected chi connectivity index (χ0v) is 21.4. The van der Waals surface area contributed by atoms with Crippen molar-refractivity contribution < 1.29 is 14.3 Å². The van der Waals surface area contributed by atoms with Crippen LogP contribution in [0.4, 0.5) is 5.69 Å². The van der Waals surface area contributed by atoms with Crippen LogP contribution in [0, 0.1) is 13.8 Å². The van der Waals surface area contributed by atoms with Gasteiger partial charge >= 0.3 is 0 Å². The number of fused-ring (bicyclic) bond motifs is 1. The van der Waals surface area contributed by atoms with Gasteiger partial charge in [-0.05, 0) is 49.2 Å². The van der Waals surface area contributed by atoms with E-state index < -0.39 is 0 Å². The lowest BCUT2D eigenvalue weighted by molar-refractivity contribution is -0.113. The highest BCUT2D eigenvalue weighted by Crippen LogP contribution is 2.35. The summed E-state index contributed by atoms with van der Waals surface area (Å²) in [5.74, 6) is 1.01. The van der Waals surface area contributed by atoms with Crippen LogP contribution >= 0.6 is 23.5 Å². The summed E-state index contributed by atoms with van der Waals surface area (Å²) in [6.07, 6.45) is 0.742. The van der Waals surface area contributed by atoms with Crippen molar-refractivity contribution in [2.24, 2.45) is 0 Å². The van der Waals surface area contributed by atoms with Crippen LogP contribution in [0.15, 0.2) is 51.2 Å². The summed E-state index contributed by atoms with van der Waals surface area (Å²) in [6, 6.07) is 11.2. The largest absolute Gasteiger partial charge is 0.497 e. The highest BCUT2D eigenvalue weighted by atomic mass is 32.2. The molecular formula is C25H27N3O4S2. The molecule has 0 fully saturated rings. The van der Waals surface area contributed by atoms with E-state index in [9.17, 15) is 9.59 Å². The Labute approximate surface area is 207 Å². The molecule has 3 aromatic rings. The van der Waals surface area contributed by atoms with Crippen LogP contribution < -0.4 is 20.3 Å². The van der Waals surface area contributed by atoms with Gasteiger partial charge in [-0.3, -0.25) is 14.2 Å². The molecule has 0 bridgehead atoms. The number of aryl methyl sites for hydroxylation is 2. The van der Waals surface area contributed by atoms with E-state index in [1.54, 1.807) is 41.6 Å². The zero-order chi connectivity index (χ0) is 24.4. The predicted molar refractivity (Wildman–Crippen MR) is 137 cm³/mol. The van der Waals surface area contributed by atoms with Gasteiger partial charge in [0, 0.05) is 17.7 Å². The summed E-state index contributed by atoms with van der Waals surface area (Å²) in [5, 5.41) is 3.69. The first kappa shape index (κ1) is 24.2. The summed E-state index contributed by atoms with van der Waals surface area (Å²) < 4.78 is 12.2. The van der Waals surface area contributed by atoms with E-state index in [0.29, 0.717) is 32.5 Å². The summed E-state index contributed by atoms with van der Waals surface area (Å²) in [7, 11) is 3.11. The van der Waals surface area contributed by atoms with Crippen molar-refractivity contribution in [3.05, 3.63) is 63.6 Å². The Morgan fingerprint density at radius 2 is 1.91 bits per heavy atom. The van der Waals surface area contributed by atoms with E-state index >= 15 is 0 Å². The Bertz CT molecular complexity index is 1290. The van der Waals surface area contributed by atoms with Crippen LogP contribution in [0.1, 0.15) is 23.7 Å². The number of carbonyl (C=O) groups excluding carboxylic acids is 1. The molecule has 34 heavy (non-hydrogen) atoms. The summed E-state index contributed by atoms with van der Waals surface area (Å²) in [4.78, 5) is 31.8. The monoisotopic (exact) mass is 497 g/mol. The summed E-state index contributed by atoms with van der Waals surface area (Å²) in [6.45, 7) is 6.10. The van der Waals surface area contributed by atoms with Gasteiger partial charge in [0.15, 0.2) is 5.16 Å². The lowest BCUT2D eigenvalue weighted by Gasteiger charge is -2.15. The van der Waals surface area contributed by atoms with E-state index in [4.69, 9.17) is 14.5 Å². The molecule has 0 radical (unpaired) electrons. The second-order valence-electron chi connectivity index (χ2n) is 8.19. The highest BCUT2D eigenvalue weighted by molar-refractivity contribution is 8.00. The molecule has 1 N–H and O–H groups in total. The smallest absolute Gasteiger partial charge is 0.272 e. The second kappa shape index (κ2) is 10.1. The Kier molecular flexibility index (Phi) is 7.23. The van der Waals surface area contributed by atoms with Crippen molar-refractivity contribution in [1.82, 2.24) is 9.55 Å². The van der Waals surface area contributed by atoms with E-state index in [1.165, 1.54) is 18.9 Å². The van der Waals surface area contributed by atoms with Crippen LogP contribution in [0.25, 0.3) is 5.69 Å². The average molecular weight is 498 g/mol. The van der Waals surface area contributed by atoms with Crippen molar-refractivity contribution in [3.63, 3.8) is 0 Å². The number of benzene rings is 2. The van der Waals surface area contributed by atoms with Gasteiger partial charge in [-0.15, -0.1) is 11.8 Å². The molecule has 1 aromatic heterocycles. The number of anilines is 1. The molecule has 0 aliphatic carbocycles. The summed E-state index contributed by atoms with van der Waals surface area (Å²) >= 11 is 2.82. The number of amides is 1. The molecule has 1 atom stereocenters. The van der Waals surface area contributed by atoms with Gasteiger partial charge in [0.05, 0.1) is 41.9 Å². The summed E-state index contributed by atoms with van der Waals surface area (Å²) in [5.41, 5.74) is 4.16. The number of hydrogen-bond donors (Lipinski definition) is 1. The third-order valence-corrected chi connectivity index (χ3v) is 7.51. The quantitative estimate of drug-likeness (QED) is 0.376. The van der Waals surface area contributed by atoms with E-state index in [1.807, 2.05) is 26.0 Å². The lowest BCUT2D eigenvalue weighted by atomic mass is 10.1. The topological polar surface area (TPSA) is 82.5 Å². The molecule has 1 aliphatic heterocycles. The molecule has 178 valence electrons. The predicted octanol–water partition coefficient (Wildman–Crippen LogP) is 4.63. The van der Waals surface area contributed by atoms with E-state index in [0.717, 1.165) is 28.9 Å². The van der Waals surface area contributed by atoms with Gasteiger partial charge in [-0.1, -0.05) is 24.8 Å². The number of thioether (sulfide) groups is 2. The maximum Gasteiger partial charge on any atom is 0.272 e. The molecule has 1 unspecified atom stereocenters. The minimum Gasteiger partial charge on any atom is -0.497 e. The highest BCUT2D eigenvalue weighted by Gasteiger charge is 2.27. The van der Waals surface area contributed by atoms with E-state index in [-0.39, 0.29) is 17.2 Å². The van der Waals surface area contributed by atoms with Crippen LogP contribution in [0.3, 0.4) is 0 Å². The minimum atomic E-state index is -0.224. The van der Waals surface area contributed by atoms with Crippen molar-refractivity contribution in [2.45, 2.75) is 42.5 Å². The maximum absolute atomic E-state index is 13.5. The third-order valence-electron chi connectivity index (χ3n) is 5.36. The van der Waals surface area contributed by atoms with Crippen LogP contribution in [-0.4, -0.2) is 40.7 Å². The minimum absolute atomic E-state index is 0.0796. The Hall–Kier alpha value is -2.91. The molecule has 1 amide bonds. The maximum atomic E-state index is 13.5. The van der Waals surface area contributed by atoms with Crippen LogP contribution in [-0.2, 0) is 11.2 Å². The standard InChI is InChI=1S/C25H27N3O4S2/c1-14-8-15(2)10-17(9-14)28-24(30)23-20(11-16(3)34-23)27-25(28)33-13-22(29)26-19-7-6-18(31-4)12-21(19)32-5/h6-10,12,16H,11,13H2,1-5H3,(H,26,29). The molecule has 9 heteroatoms. The number of ether oxygens (including phenoxy) is 2. The van der Waals surface area contributed by atoms with Gasteiger partial charge in [0.1, 0.15) is 11.5 Å². The van der Waals surface area contributed by atoms with E-state index in [2.05, 4.69) is 18.3 Å². The SMILES string of the molecule is COc1ccc(NC(=O)CSc2nc3c(c(=O)n2-c2cc(C)cc(C)c2)SC(C)C3)c(OC)c1. The van der Waals surface area contributed by atoms with Gasteiger partial charge in [0.25, 0.3) is 5.56 Å². The number of nitrogens with zero attached hydrogens (tertiary/aromatic N) is 2. The molecule has 0 saturated carbocycles. The fourth-order valence-corrected chi connectivity index (χ4v) is 5.85. The van der Waals surface area contributed by atoms with Crippen molar-refractivity contribution in [2.75, 3.05) is 25.3 Å².